The maximum absolute atomic E-state index is 5.75. The van der Waals surface area contributed by atoms with Gasteiger partial charge in [-0.15, -0.1) is 0 Å². The Morgan fingerprint density at radius 1 is 0.905 bits per heavy atom. The SMILES string of the molecule is CC(C=Nc1cccnc1)OC(C)C=Nc1cccnc1. The van der Waals surface area contributed by atoms with Gasteiger partial charge in [0.25, 0.3) is 0 Å². The van der Waals surface area contributed by atoms with Crippen LogP contribution < -0.4 is 0 Å². The molecule has 2 aromatic rings. The summed E-state index contributed by atoms with van der Waals surface area (Å²) in [6.45, 7) is 3.88. The molecule has 0 spiro atoms. The molecule has 0 saturated heterocycles. The van der Waals surface area contributed by atoms with E-state index in [2.05, 4.69) is 20.0 Å². The van der Waals surface area contributed by atoms with Crippen molar-refractivity contribution in [3.8, 4) is 0 Å². The van der Waals surface area contributed by atoms with Crippen molar-refractivity contribution < 1.29 is 4.74 Å². The largest absolute Gasteiger partial charge is 0.364 e. The van der Waals surface area contributed by atoms with Gasteiger partial charge in [0, 0.05) is 24.8 Å². The van der Waals surface area contributed by atoms with Crippen molar-refractivity contribution in [2.45, 2.75) is 26.1 Å². The molecule has 2 rings (SSSR count). The highest BCUT2D eigenvalue weighted by Crippen LogP contribution is 2.09. The molecular weight excluding hydrogens is 264 g/mol. The van der Waals surface area contributed by atoms with Crippen LogP contribution in [-0.2, 0) is 4.74 Å². The Hall–Kier alpha value is -2.40. The van der Waals surface area contributed by atoms with E-state index < -0.39 is 0 Å². The summed E-state index contributed by atoms with van der Waals surface area (Å²) in [5.41, 5.74) is 1.62. The third-order valence-electron chi connectivity index (χ3n) is 2.59. The third-order valence-corrected chi connectivity index (χ3v) is 2.59. The van der Waals surface area contributed by atoms with E-state index >= 15 is 0 Å². The van der Waals surface area contributed by atoms with Crippen molar-refractivity contribution in [2.75, 3.05) is 0 Å². The summed E-state index contributed by atoms with van der Waals surface area (Å²) in [6, 6.07) is 7.48. The summed E-state index contributed by atoms with van der Waals surface area (Å²) in [7, 11) is 0. The second-order valence-electron chi connectivity index (χ2n) is 4.53. The zero-order chi connectivity index (χ0) is 14.9. The highest BCUT2D eigenvalue weighted by Gasteiger charge is 2.04. The first kappa shape index (κ1) is 15.0. The van der Waals surface area contributed by atoms with E-state index in [4.69, 9.17) is 4.74 Å². The number of aromatic nitrogens is 2. The van der Waals surface area contributed by atoms with E-state index in [-0.39, 0.29) is 12.2 Å². The molecule has 0 aliphatic rings. The van der Waals surface area contributed by atoms with Gasteiger partial charge in [-0.1, -0.05) is 0 Å². The van der Waals surface area contributed by atoms with Gasteiger partial charge in [-0.2, -0.15) is 0 Å². The highest BCUT2D eigenvalue weighted by atomic mass is 16.5. The maximum atomic E-state index is 5.75. The average Bonchev–Trinajstić information content (AvgIpc) is 2.53. The summed E-state index contributed by atoms with van der Waals surface area (Å²) in [6.07, 6.45) is 10.1. The van der Waals surface area contributed by atoms with E-state index in [1.54, 1.807) is 37.2 Å². The summed E-state index contributed by atoms with van der Waals surface area (Å²) in [4.78, 5) is 16.6. The molecule has 2 aromatic heterocycles. The van der Waals surface area contributed by atoms with Crippen LogP contribution in [0, 0.1) is 0 Å². The van der Waals surface area contributed by atoms with Crippen LogP contribution in [0.1, 0.15) is 13.8 Å². The van der Waals surface area contributed by atoms with Crippen molar-refractivity contribution in [3.63, 3.8) is 0 Å². The van der Waals surface area contributed by atoms with E-state index in [1.165, 1.54) is 0 Å². The number of hydrogen-bond donors (Lipinski definition) is 0. The minimum atomic E-state index is -0.111. The Balaban J connectivity index is 1.83. The van der Waals surface area contributed by atoms with E-state index in [0.717, 1.165) is 11.4 Å². The van der Waals surface area contributed by atoms with Gasteiger partial charge in [-0.3, -0.25) is 20.0 Å². The molecule has 0 fully saturated rings. The maximum Gasteiger partial charge on any atom is 0.0906 e. The van der Waals surface area contributed by atoms with Gasteiger partial charge < -0.3 is 4.74 Å². The molecule has 5 heteroatoms. The number of pyridine rings is 2. The molecule has 2 heterocycles. The molecule has 0 aliphatic carbocycles. The topological polar surface area (TPSA) is 59.7 Å². The van der Waals surface area contributed by atoms with Crippen LogP contribution in [-0.4, -0.2) is 34.6 Å². The van der Waals surface area contributed by atoms with Gasteiger partial charge >= 0.3 is 0 Å². The molecular formula is C16H18N4O. The third kappa shape index (κ3) is 5.62. The molecule has 21 heavy (non-hydrogen) atoms. The highest BCUT2D eigenvalue weighted by molar-refractivity contribution is 5.69. The number of hydrogen-bond acceptors (Lipinski definition) is 5. The van der Waals surface area contributed by atoms with Crippen LogP contribution in [0.5, 0.6) is 0 Å². The minimum absolute atomic E-state index is 0.111. The number of nitrogens with zero attached hydrogens (tertiary/aromatic N) is 4. The van der Waals surface area contributed by atoms with Crippen LogP contribution in [0.25, 0.3) is 0 Å². The van der Waals surface area contributed by atoms with E-state index in [1.807, 2.05) is 38.1 Å². The zero-order valence-corrected chi connectivity index (χ0v) is 12.1. The fraction of sp³-hybridized carbons (Fsp3) is 0.250. The lowest BCUT2D eigenvalue weighted by atomic mass is 10.3. The van der Waals surface area contributed by atoms with Gasteiger partial charge in [-0.25, -0.2) is 0 Å². The Bertz CT molecular complexity index is 530. The molecule has 2 atom stereocenters. The van der Waals surface area contributed by atoms with Crippen LogP contribution in [0.15, 0.2) is 59.0 Å². The molecule has 108 valence electrons. The predicted octanol–water partition coefficient (Wildman–Crippen LogP) is 3.38. The molecule has 0 bridgehead atoms. The van der Waals surface area contributed by atoms with Gasteiger partial charge in [-0.05, 0) is 38.1 Å². The molecule has 5 nitrogen and oxygen atoms in total. The number of rotatable bonds is 6. The van der Waals surface area contributed by atoms with Gasteiger partial charge in [0.05, 0.1) is 36.0 Å². The lowest BCUT2D eigenvalue weighted by Crippen LogP contribution is -2.19. The van der Waals surface area contributed by atoms with E-state index in [0.29, 0.717) is 0 Å². The van der Waals surface area contributed by atoms with Crippen molar-refractivity contribution in [2.24, 2.45) is 9.98 Å². The lowest BCUT2D eigenvalue weighted by Gasteiger charge is -2.12. The van der Waals surface area contributed by atoms with Gasteiger partial charge in [0.2, 0.25) is 0 Å². The first-order valence-corrected chi connectivity index (χ1v) is 6.78. The van der Waals surface area contributed by atoms with Crippen LogP contribution in [0.4, 0.5) is 11.4 Å². The zero-order valence-electron chi connectivity index (χ0n) is 12.1. The second-order valence-corrected chi connectivity index (χ2v) is 4.53. The first-order chi connectivity index (χ1) is 10.2. The standard InChI is InChI=1S/C16H18N4O/c1-13(9-19-15-5-3-7-17-11-15)21-14(2)10-20-16-6-4-8-18-12-16/h3-14H,1-2H3. The smallest absolute Gasteiger partial charge is 0.0906 e. The Morgan fingerprint density at radius 3 is 1.76 bits per heavy atom. The van der Waals surface area contributed by atoms with Crippen molar-refractivity contribution >= 4 is 23.8 Å². The van der Waals surface area contributed by atoms with Gasteiger partial charge in [0.15, 0.2) is 0 Å². The predicted molar refractivity (Wildman–Crippen MR) is 84.8 cm³/mol. The Labute approximate surface area is 124 Å². The van der Waals surface area contributed by atoms with Crippen LogP contribution in [0.2, 0.25) is 0 Å². The summed E-state index contributed by atoms with van der Waals surface area (Å²) in [5, 5.41) is 0. The Kier molecular flexibility index (Phi) is 5.72. The molecule has 0 N–H and O–H groups in total. The summed E-state index contributed by atoms with van der Waals surface area (Å²) in [5.74, 6) is 0. The molecule has 0 saturated carbocycles. The van der Waals surface area contributed by atoms with Crippen molar-refractivity contribution in [3.05, 3.63) is 49.1 Å². The normalized spacial score (nSPS) is 14.6. The fourth-order valence-corrected chi connectivity index (χ4v) is 1.65. The minimum Gasteiger partial charge on any atom is -0.364 e. The van der Waals surface area contributed by atoms with Crippen LogP contribution >= 0.6 is 0 Å². The molecule has 0 aromatic carbocycles. The monoisotopic (exact) mass is 282 g/mol. The summed E-state index contributed by atoms with van der Waals surface area (Å²) < 4.78 is 5.75. The summed E-state index contributed by atoms with van der Waals surface area (Å²) >= 11 is 0. The van der Waals surface area contributed by atoms with Gasteiger partial charge in [0.1, 0.15) is 0 Å². The quantitative estimate of drug-likeness (QED) is 0.763. The second kappa shape index (κ2) is 8.01. The van der Waals surface area contributed by atoms with Crippen molar-refractivity contribution in [1.29, 1.82) is 0 Å². The molecule has 0 aliphatic heterocycles. The fourth-order valence-electron chi connectivity index (χ4n) is 1.65. The average molecular weight is 282 g/mol. The first-order valence-electron chi connectivity index (χ1n) is 6.78. The molecule has 2 unspecified atom stereocenters. The van der Waals surface area contributed by atoms with Crippen molar-refractivity contribution in [1.82, 2.24) is 9.97 Å². The number of aliphatic imine (C=N–C) groups is 2. The lowest BCUT2D eigenvalue weighted by molar-refractivity contribution is 0.0916. The van der Waals surface area contributed by atoms with Crippen LogP contribution in [0.3, 0.4) is 0 Å². The van der Waals surface area contributed by atoms with E-state index in [9.17, 15) is 0 Å². The number of ether oxygens (including phenoxy) is 1. The molecule has 0 amide bonds. The molecule has 0 radical (unpaired) electrons. The Morgan fingerprint density at radius 2 is 1.38 bits per heavy atom.